The van der Waals surface area contributed by atoms with Crippen LogP contribution in [0.1, 0.15) is 50.0 Å². The largest absolute Gasteiger partial charge is 0.394 e. The predicted octanol–water partition coefficient (Wildman–Crippen LogP) is 2.48. The lowest BCUT2D eigenvalue weighted by molar-refractivity contribution is 0.0898. The summed E-state index contributed by atoms with van der Waals surface area (Å²) in [5.74, 6) is 0. The third-order valence-corrected chi connectivity index (χ3v) is 3.66. The highest BCUT2D eigenvalue weighted by Gasteiger charge is 2.26. The van der Waals surface area contributed by atoms with Crippen molar-refractivity contribution >= 4 is 0 Å². The Kier molecular flexibility index (Phi) is 5.53. The van der Waals surface area contributed by atoms with Crippen LogP contribution in [0.5, 0.6) is 0 Å². The van der Waals surface area contributed by atoms with Gasteiger partial charge in [0.25, 0.3) is 0 Å². The molecule has 1 rings (SSSR count). The average molecular weight is 265 g/mol. The van der Waals surface area contributed by atoms with Gasteiger partial charge >= 0.3 is 0 Å². The van der Waals surface area contributed by atoms with E-state index in [1.54, 1.807) is 0 Å². The fraction of sp³-hybridized carbons (Fsp3) is 0.625. The second-order valence-electron chi connectivity index (χ2n) is 5.99. The zero-order valence-corrected chi connectivity index (χ0v) is 12.7. The predicted molar refractivity (Wildman–Crippen MR) is 79.3 cm³/mol. The Morgan fingerprint density at radius 1 is 1.21 bits per heavy atom. The molecule has 0 aliphatic heterocycles. The summed E-state index contributed by atoms with van der Waals surface area (Å²) >= 11 is 0. The fourth-order valence-corrected chi connectivity index (χ4v) is 2.13. The summed E-state index contributed by atoms with van der Waals surface area (Å²) in [7, 11) is 0. The van der Waals surface area contributed by atoms with Gasteiger partial charge < -0.3 is 15.5 Å². The molecule has 0 aliphatic rings. The van der Waals surface area contributed by atoms with Crippen molar-refractivity contribution in [2.75, 3.05) is 6.61 Å². The van der Waals surface area contributed by atoms with E-state index in [-0.39, 0.29) is 18.2 Å². The van der Waals surface area contributed by atoms with E-state index in [1.807, 2.05) is 39.0 Å². The van der Waals surface area contributed by atoms with Crippen LogP contribution < -0.4 is 5.32 Å². The Morgan fingerprint density at radius 2 is 1.84 bits per heavy atom. The van der Waals surface area contributed by atoms with Gasteiger partial charge in [-0.2, -0.15) is 0 Å². The van der Waals surface area contributed by atoms with Gasteiger partial charge in [-0.1, -0.05) is 25.1 Å². The molecule has 19 heavy (non-hydrogen) atoms. The molecule has 0 bridgehead atoms. The summed E-state index contributed by atoms with van der Waals surface area (Å²) in [5, 5.41) is 23.2. The summed E-state index contributed by atoms with van der Waals surface area (Å²) in [6, 6.07) is 5.99. The third kappa shape index (κ3) is 4.30. The topological polar surface area (TPSA) is 52.5 Å². The van der Waals surface area contributed by atoms with Crippen LogP contribution in [0.15, 0.2) is 18.2 Å². The van der Waals surface area contributed by atoms with Gasteiger partial charge in [-0.15, -0.1) is 0 Å². The molecule has 0 heterocycles. The first-order chi connectivity index (χ1) is 8.80. The minimum absolute atomic E-state index is 0.0448. The molecule has 2 unspecified atom stereocenters. The van der Waals surface area contributed by atoms with Gasteiger partial charge in [0.15, 0.2) is 0 Å². The quantitative estimate of drug-likeness (QED) is 0.740. The summed E-state index contributed by atoms with van der Waals surface area (Å²) in [6.45, 7) is 10.1. The second kappa shape index (κ2) is 6.51. The Bertz CT molecular complexity index is 415. The maximum atomic E-state index is 10.5. The standard InChI is InChI=1S/C16H27NO2/c1-6-14(17-16(4,5)10-18)15(19)13-8-7-11(2)12(3)9-13/h7-9,14-15,17-19H,6,10H2,1-5H3. The zero-order valence-electron chi connectivity index (χ0n) is 12.7. The summed E-state index contributed by atoms with van der Waals surface area (Å²) < 4.78 is 0. The van der Waals surface area contributed by atoms with Gasteiger partial charge in [-0.3, -0.25) is 0 Å². The number of aliphatic hydroxyl groups excluding tert-OH is 2. The minimum atomic E-state index is -0.560. The normalized spacial score (nSPS) is 15.3. The molecule has 108 valence electrons. The fourth-order valence-electron chi connectivity index (χ4n) is 2.13. The van der Waals surface area contributed by atoms with Crippen LogP contribution in [-0.2, 0) is 0 Å². The third-order valence-electron chi connectivity index (χ3n) is 3.66. The first-order valence-corrected chi connectivity index (χ1v) is 6.94. The number of hydrogen-bond acceptors (Lipinski definition) is 3. The van der Waals surface area contributed by atoms with Crippen molar-refractivity contribution in [3.05, 3.63) is 34.9 Å². The number of nitrogens with one attached hydrogen (secondary N) is 1. The van der Waals surface area contributed by atoms with Crippen molar-refractivity contribution < 1.29 is 10.2 Å². The molecule has 1 aromatic rings. The summed E-state index contributed by atoms with van der Waals surface area (Å²) in [5.41, 5.74) is 2.96. The van der Waals surface area contributed by atoms with E-state index >= 15 is 0 Å². The van der Waals surface area contributed by atoms with Crippen LogP contribution in [0.2, 0.25) is 0 Å². The lowest BCUT2D eigenvalue weighted by atomic mass is 9.94. The molecule has 3 heteroatoms. The monoisotopic (exact) mass is 265 g/mol. The lowest BCUT2D eigenvalue weighted by Crippen LogP contribution is -2.50. The summed E-state index contributed by atoms with van der Waals surface area (Å²) in [4.78, 5) is 0. The van der Waals surface area contributed by atoms with E-state index < -0.39 is 6.10 Å². The molecular formula is C16H27NO2. The first-order valence-electron chi connectivity index (χ1n) is 6.94. The molecule has 0 fully saturated rings. The molecule has 3 nitrogen and oxygen atoms in total. The second-order valence-corrected chi connectivity index (χ2v) is 5.99. The number of aryl methyl sites for hydroxylation is 2. The highest BCUT2D eigenvalue weighted by Crippen LogP contribution is 2.23. The van der Waals surface area contributed by atoms with E-state index in [1.165, 1.54) is 11.1 Å². The van der Waals surface area contributed by atoms with Crippen molar-refractivity contribution in [1.82, 2.24) is 5.32 Å². The van der Waals surface area contributed by atoms with Crippen LogP contribution in [-0.4, -0.2) is 28.4 Å². The first kappa shape index (κ1) is 16.2. The van der Waals surface area contributed by atoms with Crippen molar-refractivity contribution in [2.45, 2.75) is 58.7 Å². The number of hydrogen-bond donors (Lipinski definition) is 3. The SMILES string of the molecule is CCC(NC(C)(C)CO)C(O)c1ccc(C)c(C)c1. The molecule has 0 radical (unpaired) electrons. The average Bonchev–Trinajstić information content (AvgIpc) is 2.38. The highest BCUT2D eigenvalue weighted by molar-refractivity contribution is 5.31. The molecular weight excluding hydrogens is 238 g/mol. The molecule has 0 spiro atoms. The Labute approximate surface area is 116 Å². The Hall–Kier alpha value is -0.900. The summed E-state index contributed by atoms with van der Waals surface area (Å²) in [6.07, 6.45) is 0.243. The van der Waals surface area contributed by atoms with Crippen molar-refractivity contribution in [1.29, 1.82) is 0 Å². The van der Waals surface area contributed by atoms with Crippen LogP contribution in [0.4, 0.5) is 0 Å². The van der Waals surface area contributed by atoms with Crippen molar-refractivity contribution in [3.63, 3.8) is 0 Å². The zero-order chi connectivity index (χ0) is 14.6. The van der Waals surface area contributed by atoms with Gasteiger partial charge in [-0.05, 0) is 50.8 Å². The van der Waals surface area contributed by atoms with Gasteiger partial charge in [0.1, 0.15) is 0 Å². The van der Waals surface area contributed by atoms with Crippen LogP contribution in [0, 0.1) is 13.8 Å². The van der Waals surface area contributed by atoms with E-state index in [9.17, 15) is 10.2 Å². The molecule has 1 aromatic carbocycles. The number of benzene rings is 1. The molecule has 0 aromatic heterocycles. The van der Waals surface area contributed by atoms with Crippen molar-refractivity contribution in [2.24, 2.45) is 0 Å². The molecule has 0 amide bonds. The van der Waals surface area contributed by atoms with E-state index in [2.05, 4.69) is 19.2 Å². The van der Waals surface area contributed by atoms with Gasteiger partial charge in [-0.25, -0.2) is 0 Å². The molecule has 0 saturated heterocycles. The highest BCUT2D eigenvalue weighted by atomic mass is 16.3. The van der Waals surface area contributed by atoms with Crippen LogP contribution in [0.3, 0.4) is 0 Å². The number of rotatable bonds is 6. The molecule has 0 aliphatic carbocycles. The minimum Gasteiger partial charge on any atom is -0.394 e. The molecule has 2 atom stereocenters. The maximum Gasteiger partial charge on any atom is 0.0943 e. The van der Waals surface area contributed by atoms with Crippen molar-refractivity contribution in [3.8, 4) is 0 Å². The number of aliphatic hydroxyl groups is 2. The lowest BCUT2D eigenvalue weighted by Gasteiger charge is -2.33. The van der Waals surface area contributed by atoms with Gasteiger partial charge in [0, 0.05) is 11.6 Å². The Morgan fingerprint density at radius 3 is 2.32 bits per heavy atom. The Balaban J connectivity index is 2.89. The van der Waals surface area contributed by atoms with Gasteiger partial charge in [0.05, 0.1) is 12.7 Å². The van der Waals surface area contributed by atoms with E-state index in [0.717, 1.165) is 12.0 Å². The molecule has 3 N–H and O–H groups in total. The maximum absolute atomic E-state index is 10.5. The van der Waals surface area contributed by atoms with Gasteiger partial charge in [0.2, 0.25) is 0 Å². The van der Waals surface area contributed by atoms with E-state index in [4.69, 9.17) is 0 Å². The smallest absolute Gasteiger partial charge is 0.0943 e. The van der Waals surface area contributed by atoms with Crippen LogP contribution in [0.25, 0.3) is 0 Å². The van der Waals surface area contributed by atoms with Crippen LogP contribution >= 0.6 is 0 Å². The van der Waals surface area contributed by atoms with E-state index in [0.29, 0.717) is 0 Å². The molecule has 0 saturated carbocycles.